The van der Waals surface area contributed by atoms with Gasteiger partial charge in [-0.2, -0.15) is 14.0 Å². The summed E-state index contributed by atoms with van der Waals surface area (Å²) >= 11 is 0. The molecule has 0 radical (unpaired) electrons. The quantitative estimate of drug-likeness (QED) is 0.568. The third-order valence-corrected chi connectivity index (χ3v) is 1.00. The van der Waals surface area contributed by atoms with Crippen molar-refractivity contribution in [1.29, 1.82) is 5.26 Å². The van der Waals surface area contributed by atoms with Gasteiger partial charge < -0.3 is 4.74 Å². The third kappa shape index (κ3) is 4.21. The summed E-state index contributed by atoms with van der Waals surface area (Å²) in [5.41, 5.74) is 0. The maximum absolute atomic E-state index is 12.1. The third-order valence-electron chi connectivity index (χ3n) is 1.00. The van der Waals surface area contributed by atoms with Crippen molar-refractivity contribution in [3.05, 3.63) is 0 Å². The molecule has 0 N–H and O–H groups in total. The number of hydrogen-bond donors (Lipinski definition) is 0. The lowest BCUT2D eigenvalue weighted by Crippen LogP contribution is -2.12. The highest BCUT2D eigenvalue weighted by atomic mass is 19.3. The highest BCUT2D eigenvalue weighted by molar-refractivity contribution is 4.90. The zero-order valence-corrected chi connectivity index (χ0v) is 5.73. The van der Waals surface area contributed by atoms with Crippen molar-refractivity contribution in [3.8, 4) is 6.07 Å². The van der Waals surface area contributed by atoms with Gasteiger partial charge in [0.05, 0.1) is 0 Å². The summed E-state index contributed by atoms with van der Waals surface area (Å²) < 4.78 is 28.7. The highest BCUT2D eigenvalue weighted by Crippen LogP contribution is 2.18. The van der Waals surface area contributed by atoms with Crippen molar-refractivity contribution < 1.29 is 13.5 Å². The Morgan fingerprint density at radius 2 is 2.20 bits per heavy atom. The number of alkyl halides is 2. The van der Waals surface area contributed by atoms with Gasteiger partial charge in [-0.05, 0) is 6.42 Å². The lowest BCUT2D eigenvalue weighted by atomic mass is 10.2. The first-order valence-corrected chi connectivity index (χ1v) is 2.90. The van der Waals surface area contributed by atoms with Crippen LogP contribution in [0.15, 0.2) is 0 Å². The van der Waals surface area contributed by atoms with E-state index < -0.39 is 12.3 Å². The molecule has 0 bridgehead atoms. The Morgan fingerprint density at radius 3 is 2.60 bits per heavy atom. The van der Waals surface area contributed by atoms with E-state index in [1.165, 1.54) is 7.11 Å². The molecule has 0 fully saturated rings. The van der Waals surface area contributed by atoms with Gasteiger partial charge in [-0.1, -0.05) is 0 Å². The first kappa shape index (κ1) is 9.31. The number of methoxy groups -OCH3 is 1. The Labute approximate surface area is 58.4 Å². The lowest BCUT2D eigenvalue weighted by Gasteiger charge is -2.04. The van der Waals surface area contributed by atoms with Crippen LogP contribution in [0.4, 0.5) is 8.78 Å². The van der Waals surface area contributed by atoms with Gasteiger partial charge in [0.15, 0.2) is 0 Å². The summed E-state index contributed by atoms with van der Waals surface area (Å²) in [6, 6.07) is 0.911. The molecule has 4 heteroatoms. The molecule has 0 rings (SSSR count). The van der Waals surface area contributed by atoms with Crippen LogP contribution in [0.3, 0.4) is 0 Å². The van der Waals surface area contributed by atoms with E-state index in [2.05, 4.69) is 4.74 Å². The van der Waals surface area contributed by atoms with E-state index in [0.717, 1.165) is 6.07 Å². The summed E-state index contributed by atoms with van der Waals surface area (Å²) in [4.78, 5) is 0. The van der Waals surface area contributed by atoms with E-state index in [4.69, 9.17) is 5.26 Å². The van der Waals surface area contributed by atoms with Crippen LogP contribution in [-0.4, -0.2) is 19.6 Å². The van der Waals surface area contributed by atoms with E-state index in [1.54, 1.807) is 0 Å². The van der Waals surface area contributed by atoms with Crippen LogP contribution in [0.25, 0.3) is 0 Å². The zero-order valence-electron chi connectivity index (χ0n) is 5.73. The first-order valence-electron chi connectivity index (χ1n) is 2.90. The number of nitriles is 1. The summed E-state index contributed by atoms with van der Waals surface area (Å²) in [5, 5.41) is 7.85. The summed E-state index contributed by atoms with van der Waals surface area (Å²) in [6.07, 6.45) is -0.200. The van der Waals surface area contributed by atoms with Crippen molar-refractivity contribution in [2.45, 2.75) is 18.8 Å². The topological polar surface area (TPSA) is 33.0 Å². The fourth-order valence-electron chi connectivity index (χ4n) is 0.494. The standard InChI is InChI=1S/C6H9F2NO/c1-10-4-2-3-6(7,8)5-9/h2-4H2,1H3. The normalized spacial score (nSPS) is 11.0. The SMILES string of the molecule is COCCCC(F)(F)C#N. The predicted molar refractivity (Wildman–Crippen MR) is 31.7 cm³/mol. The molecular weight excluding hydrogens is 140 g/mol. The molecule has 0 spiro atoms. The molecule has 0 aliphatic rings. The molecule has 10 heavy (non-hydrogen) atoms. The molecule has 0 aliphatic carbocycles. The minimum atomic E-state index is -3.18. The van der Waals surface area contributed by atoms with Crippen LogP contribution >= 0.6 is 0 Å². The molecule has 58 valence electrons. The predicted octanol–water partition coefficient (Wildman–Crippen LogP) is 1.57. The highest BCUT2D eigenvalue weighted by Gasteiger charge is 2.26. The van der Waals surface area contributed by atoms with Gasteiger partial charge >= 0.3 is 5.92 Å². The average molecular weight is 149 g/mol. The van der Waals surface area contributed by atoms with Gasteiger partial charge in [0.2, 0.25) is 0 Å². The Kier molecular flexibility index (Phi) is 3.89. The van der Waals surface area contributed by atoms with E-state index in [0.29, 0.717) is 0 Å². The second-order valence-corrected chi connectivity index (χ2v) is 1.91. The maximum Gasteiger partial charge on any atom is 0.332 e. The van der Waals surface area contributed by atoms with Gasteiger partial charge in [-0.3, -0.25) is 0 Å². The molecule has 0 aliphatic heterocycles. The minimum Gasteiger partial charge on any atom is -0.385 e. The number of hydrogen-bond acceptors (Lipinski definition) is 2. The molecule has 2 nitrogen and oxygen atoms in total. The van der Waals surface area contributed by atoms with Crippen molar-refractivity contribution in [2.24, 2.45) is 0 Å². The smallest absolute Gasteiger partial charge is 0.332 e. The van der Waals surface area contributed by atoms with Gasteiger partial charge in [0.1, 0.15) is 6.07 Å². The zero-order chi connectivity index (χ0) is 8.04. The van der Waals surface area contributed by atoms with Crippen LogP contribution in [0.2, 0.25) is 0 Å². The van der Waals surface area contributed by atoms with E-state index >= 15 is 0 Å². The summed E-state index contributed by atoms with van der Waals surface area (Å²) in [5.74, 6) is -3.18. The molecule has 0 unspecified atom stereocenters. The lowest BCUT2D eigenvalue weighted by molar-refractivity contribution is 0.0430. The molecular formula is C6H9F2NO. The molecule has 0 aromatic rings. The van der Waals surface area contributed by atoms with Crippen molar-refractivity contribution in [3.63, 3.8) is 0 Å². The Morgan fingerprint density at radius 1 is 1.60 bits per heavy atom. The van der Waals surface area contributed by atoms with Crippen LogP contribution in [-0.2, 0) is 4.74 Å². The van der Waals surface area contributed by atoms with Crippen LogP contribution in [0.5, 0.6) is 0 Å². The maximum atomic E-state index is 12.1. The molecule has 0 aromatic carbocycles. The fraction of sp³-hybridized carbons (Fsp3) is 0.833. The van der Waals surface area contributed by atoms with Crippen LogP contribution in [0.1, 0.15) is 12.8 Å². The van der Waals surface area contributed by atoms with Crippen molar-refractivity contribution in [2.75, 3.05) is 13.7 Å². The Balaban J connectivity index is 3.40. The molecule has 0 saturated carbocycles. The summed E-state index contributed by atoms with van der Waals surface area (Å²) in [7, 11) is 1.44. The molecule has 0 aromatic heterocycles. The van der Waals surface area contributed by atoms with Crippen molar-refractivity contribution in [1.82, 2.24) is 0 Å². The fourth-order valence-corrected chi connectivity index (χ4v) is 0.494. The van der Waals surface area contributed by atoms with Crippen LogP contribution in [0, 0.1) is 11.3 Å². The minimum absolute atomic E-state index is 0.219. The molecule has 0 heterocycles. The van der Waals surface area contributed by atoms with Gasteiger partial charge in [0, 0.05) is 20.1 Å². The number of halogens is 2. The number of rotatable bonds is 4. The second kappa shape index (κ2) is 4.18. The van der Waals surface area contributed by atoms with E-state index in [1.807, 2.05) is 0 Å². The second-order valence-electron chi connectivity index (χ2n) is 1.91. The number of nitrogens with zero attached hydrogens (tertiary/aromatic N) is 1. The van der Waals surface area contributed by atoms with Crippen molar-refractivity contribution >= 4 is 0 Å². The molecule has 0 amide bonds. The van der Waals surface area contributed by atoms with E-state index in [9.17, 15) is 8.78 Å². The largest absolute Gasteiger partial charge is 0.385 e. The Hall–Kier alpha value is -0.690. The average Bonchev–Trinajstić information content (AvgIpc) is 1.89. The van der Waals surface area contributed by atoms with Gasteiger partial charge in [0.25, 0.3) is 0 Å². The van der Waals surface area contributed by atoms with E-state index in [-0.39, 0.29) is 13.0 Å². The Bertz CT molecular complexity index is 130. The molecule has 0 atom stereocenters. The first-order chi connectivity index (χ1) is 4.62. The van der Waals surface area contributed by atoms with Gasteiger partial charge in [-0.15, -0.1) is 0 Å². The monoisotopic (exact) mass is 149 g/mol. The van der Waals surface area contributed by atoms with Crippen LogP contribution < -0.4 is 0 Å². The van der Waals surface area contributed by atoms with Gasteiger partial charge in [-0.25, -0.2) is 0 Å². The summed E-state index contributed by atoms with van der Waals surface area (Å²) in [6.45, 7) is 0.275. The number of ether oxygens (including phenoxy) is 1. The molecule has 0 saturated heterocycles.